The molecule has 1 heterocycles. The van der Waals surface area contributed by atoms with Crippen molar-refractivity contribution in [3.63, 3.8) is 0 Å². The molecule has 2 atom stereocenters. The number of carbonyl (C=O) groups is 1. The predicted octanol–water partition coefficient (Wildman–Crippen LogP) is 2.79. The third kappa shape index (κ3) is 3.92. The van der Waals surface area contributed by atoms with Crippen LogP contribution in [-0.2, 0) is 0 Å². The smallest absolute Gasteiger partial charge is 0.290 e. The van der Waals surface area contributed by atoms with Gasteiger partial charge < -0.3 is 14.9 Å². The number of aliphatic hydroxyl groups is 1. The molecule has 0 aliphatic carbocycles. The van der Waals surface area contributed by atoms with Gasteiger partial charge in [-0.1, -0.05) is 31.1 Å². The molecule has 0 fully saturated rings. The van der Waals surface area contributed by atoms with Crippen LogP contribution in [-0.4, -0.2) is 22.7 Å². The highest BCUT2D eigenvalue weighted by Crippen LogP contribution is 2.18. The second kappa shape index (κ2) is 7.17. The molecule has 0 aliphatic rings. The first kappa shape index (κ1) is 16.2. The minimum absolute atomic E-state index is 0.00380. The van der Waals surface area contributed by atoms with Crippen LogP contribution >= 0.6 is 0 Å². The van der Waals surface area contributed by atoms with Gasteiger partial charge in [0, 0.05) is 18.5 Å². The number of carbonyl (C=O) groups excluding carboxylic acids is 1. The fourth-order valence-corrected chi connectivity index (χ4v) is 1.92. The molecule has 5 nitrogen and oxygen atoms in total. The Labute approximate surface area is 128 Å². The van der Waals surface area contributed by atoms with Gasteiger partial charge in [-0.2, -0.15) is 0 Å². The number of halogens is 1. The van der Waals surface area contributed by atoms with E-state index in [-0.39, 0.29) is 24.0 Å². The third-order valence-electron chi connectivity index (χ3n) is 3.58. The van der Waals surface area contributed by atoms with Crippen molar-refractivity contribution < 1.29 is 18.8 Å². The zero-order valence-electron chi connectivity index (χ0n) is 12.5. The molecule has 0 spiro atoms. The quantitative estimate of drug-likeness (QED) is 0.860. The highest BCUT2D eigenvalue weighted by molar-refractivity contribution is 5.91. The van der Waals surface area contributed by atoms with Crippen LogP contribution in [0.5, 0.6) is 0 Å². The Hall–Kier alpha value is -2.21. The van der Waals surface area contributed by atoms with Crippen LogP contribution in [0.4, 0.5) is 4.39 Å². The summed E-state index contributed by atoms with van der Waals surface area (Å²) in [5.74, 6) is -0.487. The van der Waals surface area contributed by atoms with Gasteiger partial charge in [-0.05, 0) is 24.1 Å². The van der Waals surface area contributed by atoms with Crippen molar-refractivity contribution in [2.45, 2.75) is 32.3 Å². The lowest BCUT2D eigenvalue weighted by molar-refractivity contribution is 0.0880. The number of hydrogen-bond acceptors (Lipinski definition) is 4. The Morgan fingerprint density at radius 2 is 2.09 bits per heavy atom. The minimum atomic E-state index is -0.915. The van der Waals surface area contributed by atoms with E-state index in [0.717, 1.165) is 12.1 Å². The second-order valence-corrected chi connectivity index (χ2v) is 5.20. The first-order valence-electron chi connectivity index (χ1n) is 7.19. The van der Waals surface area contributed by atoms with E-state index in [1.54, 1.807) is 6.07 Å². The summed E-state index contributed by atoms with van der Waals surface area (Å²) >= 11 is 0. The van der Waals surface area contributed by atoms with E-state index in [1.165, 1.54) is 24.3 Å². The summed E-state index contributed by atoms with van der Waals surface area (Å²) in [6.07, 6.45) is -0.0156. The number of nitrogens with zero attached hydrogens (tertiary/aromatic N) is 1. The number of benzene rings is 1. The molecule has 6 heteroatoms. The van der Waals surface area contributed by atoms with Crippen molar-refractivity contribution in [1.29, 1.82) is 0 Å². The van der Waals surface area contributed by atoms with Crippen molar-refractivity contribution >= 4 is 5.91 Å². The zero-order valence-corrected chi connectivity index (χ0v) is 12.5. The average Bonchev–Trinajstić information content (AvgIpc) is 3.02. The molecule has 1 aromatic heterocycles. The van der Waals surface area contributed by atoms with Crippen molar-refractivity contribution in [1.82, 2.24) is 10.5 Å². The van der Waals surface area contributed by atoms with Gasteiger partial charge in [-0.15, -0.1) is 0 Å². The lowest BCUT2D eigenvalue weighted by atomic mass is 10.1. The van der Waals surface area contributed by atoms with Crippen LogP contribution in [0.1, 0.15) is 54.1 Å². The van der Waals surface area contributed by atoms with E-state index in [1.807, 2.05) is 13.8 Å². The van der Waals surface area contributed by atoms with Gasteiger partial charge in [0.05, 0.1) is 11.8 Å². The molecule has 2 aromatic rings. The van der Waals surface area contributed by atoms with Gasteiger partial charge in [-0.3, -0.25) is 4.79 Å². The molecule has 0 radical (unpaired) electrons. The van der Waals surface area contributed by atoms with Crippen molar-refractivity contribution in [2.24, 2.45) is 0 Å². The monoisotopic (exact) mass is 306 g/mol. The Morgan fingerprint density at radius 1 is 1.41 bits per heavy atom. The predicted molar refractivity (Wildman–Crippen MR) is 78.9 cm³/mol. The first-order valence-corrected chi connectivity index (χ1v) is 7.19. The number of amides is 1. The van der Waals surface area contributed by atoms with Gasteiger partial charge in [-0.25, -0.2) is 4.39 Å². The van der Waals surface area contributed by atoms with E-state index in [4.69, 9.17) is 4.52 Å². The molecule has 1 aromatic carbocycles. The summed E-state index contributed by atoms with van der Waals surface area (Å²) in [6.45, 7) is 4.03. The summed E-state index contributed by atoms with van der Waals surface area (Å²) < 4.78 is 17.8. The van der Waals surface area contributed by atoms with Crippen LogP contribution in [0.2, 0.25) is 0 Å². The summed E-state index contributed by atoms with van der Waals surface area (Å²) in [6, 6.07) is 7.07. The molecule has 2 unspecified atom stereocenters. The lowest BCUT2D eigenvalue weighted by Crippen LogP contribution is -2.28. The van der Waals surface area contributed by atoms with E-state index in [9.17, 15) is 14.3 Å². The fraction of sp³-hybridized carbons (Fsp3) is 0.375. The molecule has 0 aliphatic heterocycles. The molecule has 118 valence electrons. The van der Waals surface area contributed by atoms with Gasteiger partial charge in [0.2, 0.25) is 5.76 Å². The summed E-state index contributed by atoms with van der Waals surface area (Å²) in [5.41, 5.74) is 1.26. The molecule has 2 N–H and O–H groups in total. The number of nitrogens with one attached hydrogen (secondary N) is 1. The molecule has 0 bridgehead atoms. The van der Waals surface area contributed by atoms with Gasteiger partial charge in [0.25, 0.3) is 5.91 Å². The summed E-state index contributed by atoms with van der Waals surface area (Å²) in [5, 5.41) is 16.4. The van der Waals surface area contributed by atoms with Gasteiger partial charge in [0.15, 0.2) is 0 Å². The SMILES string of the molecule is CCC(C)c1cc(C(=O)NCC(O)c2ccc(F)cc2)on1. The van der Waals surface area contributed by atoms with E-state index in [0.29, 0.717) is 5.56 Å². The van der Waals surface area contributed by atoms with Crippen LogP contribution in [0.15, 0.2) is 34.9 Å². The summed E-state index contributed by atoms with van der Waals surface area (Å²) in [4.78, 5) is 11.9. The van der Waals surface area contributed by atoms with Crippen LogP contribution in [0, 0.1) is 5.82 Å². The first-order chi connectivity index (χ1) is 10.5. The summed E-state index contributed by atoms with van der Waals surface area (Å²) in [7, 11) is 0. The maximum atomic E-state index is 12.8. The molecule has 0 saturated carbocycles. The van der Waals surface area contributed by atoms with Crippen molar-refractivity contribution in [3.05, 3.63) is 53.2 Å². The van der Waals surface area contributed by atoms with Crippen molar-refractivity contribution in [3.8, 4) is 0 Å². The number of rotatable bonds is 6. The Bertz CT molecular complexity index is 625. The van der Waals surface area contributed by atoms with Gasteiger partial charge >= 0.3 is 0 Å². The topological polar surface area (TPSA) is 75.4 Å². The number of aliphatic hydroxyl groups excluding tert-OH is 1. The van der Waals surface area contributed by atoms with E-state index in [2.05, 4.69) is 10.5 Å². The molecular weight excluding hydrogens is 287 g/mol. The Morgan fingerprint density at radius 3 is 2.73 bits per heavy atom. The van der Waals surface area contributed by atoms with E-state index >= 15 is 0 Å². The Balaban J connectivity index is 1.92. The number of hydrogen-bond donors (Lipinski definition) is 2. The van der Waals surface area contributed by atoms with E-state index < -0.39 is 12.0 Å². The fourth-order valence-electron chi connectivity index (χ4n) is 1.92. The molecular formula is C16H19FN2O3. The largest absolute Gasteiger partial charge is 0.387 e. The highest BCUT2D eigenvalue weighted by atomic mass is 19.1. The maximum Gasteiger partial charge on any atom is 0.290 e. The third-order valence-corrected chi connectivity index (χ3v) is 3.58. The molecule has 1 amide bonds. The Kier molecular flexibility index (Phi) is 5.27. The maximum absolute atomic E-state index is 12.8. The highest BCUT2D eigenvalue weighted by Gasteiger charge is 2.17. The van der Waals surface area contributed by atoms with Crippen LogP contribution < -0.4 is 5.32 Å². The molecule has 22 heavy (non-hydrogen) atoms. The van der Waals surface area contributed by atoms with Gasteiger partial charge in [0.1, 0.15) is 5.82 Å². The lowest BCUT2D eigenvalue weighted by Gasteiger charge is -2.11. The molecule has 2 rings (SSSR count). The van der Waals surface area contributed by atoms with Crippen LogP contribution in [0.3, 0.4) is 0 Å². The van der Waals surface area contributed by atoms with Crippen molar-refractivity contribution in [2.75, 3.05) is 6.54 Å². The average molecular weight is 306 g/mol. The van der Waals surface area contributed by atoms with Crippen LogP contribution in [0.25, 0.3) is 0 Å². The number of aromatic nitrogens is 1. The second-order valence-electron chi connectivity index (χ2n) is 5.20. The standard InChI is InChI=1S/C16H19FN2O3/c1-3-10(2)13-8-15(22-19-13)16(21)18-9-14(20)11-4-6-12(17)7-5-11/h4-8,10,14,20H,3,9H2,1-2H3,(H,18,21). The molecule has 0 saturated heterocycles. The normalized spacial score (nSPS) is 13.6. The minimum Gasteiger partial charge on any atom is -0.387 e. The zero-order chi connectivity index (χ0) is 16.1.